The number of hydrogen-bond donors (Lipinski definition) is 2. The van der Waals surface area contributed by atoms with Crippen LogP contribution in [0.5, 0.6) is 5.75 Å². The molecule has 0 spiro atoms. The van der Waals surface area contributed by atoms with Crippen molar-refractivity contribution in [1.82, 2.24) is 0 Å². The second kappa shape index (κ2) is 15.6. The highest BCUT2D eigenvalue weighted by Crippen LogP contribution is 2.34. The SMILES string of the molecule is Cc1c(NC(=O)C2=C(OCCCC(=O)O)C=CCC2)ccc(OC(CCC(C)C)C2=CC=C(CC(C)C)CC2)c1C. The molecule has 6 heteroatoms. The molecule has 1 amide bonds. The number of nitrogens with one attached hydrogen (secondary N) is 1. The molecule has 1 aromatic rings. The molecule has 6 nitrogen and oxygen atoms in total. The zero-order valence-corrected chi connectivity index (χ0v) is 25.8. The minimum absolute atomic E-state index is 0.0350. The highest BCUT2D eigenvalue weighted by Gasteiger charge is 2.23. The van der Waals surface area contributed by atoms with Crippen LogP contribution < -0.4 is 10.1 Å². The number of anilines is 1. The number of rotatable bonds is 15. The van der Waals surface area contributed by atoms with Gasteiger partial charge in [-0.25, -0.2) is 0 Å². The Bertz CT molecular complexity index is 1200. The lowest BCUT2D eigenvalue weighted by molar-refractivity contribution is -0.137. The molecule has 0 aromatic heterocycles. The third-order valence-electron chi connectivity index (χ3n) is 7.81. The van der Waals surface area contributed by atoms with Crippen LogP contribution in [0.3, 0.4) is 0 Å². The topological polar surface area (TPSA) is 84.9 Å². The lowest BCUT2D eigenvalue weighted by Crippen LogP contribution is -2.22. The van der Waals surface area contributed by atoms with E-state index in [4.69, 9.17) is 14.6 Å². The maximum absolute atomic E-state index is 13.3. The van der Waals surface area contributed by atoms with E-state index in [0.717, 1.165) is 61.1 Å². The highest BCUT2D eigenvalue weighted by molar-refractivity contribution is 6.05. The number of hydrogen-bond acceptors (Lipinski definition) is 4. The van der Waals surface area contributed by atoms with Gasteiger partial charge in [-0.3, -0.25) is 9.59 Å². The predicted octanol–water partition coefficient (Wildman–Crippen LogP) is 8.60. The Morgan fingerprint density at radius 3 is 2.41 bits per heavy atom. The van der Waals surface area contributed by atoms with Crippen molar-refractivity contribution in [2.24, 2.45) is 11.8 Å². The minimum atomic E-state index is -0.854. The summed E-state index contributed by atoms with van der Waals surface area (Å²) in [5, 5.41) is 11.9. The summed E-state index contributed by atoms with van der Waals surface area (Å²) in [7, 11) is 0. The number of amides is 1. The molecule has 1 atom stereocenters. The maximum Gasteiger partial charge on any atom is 0.303 e. The van der Waals surface area contributed by atoms with Crippen LogP contribution in [0.4, 0.5) is 5.69 Å². The van der Waals surface area contributed by atoms with Crippen molar-refractivity contribution in [3.63, 3.8) is 0 Å². The van der Waals surface area contributed by atoms with Crippen LogP contribution in [0.15, 0.2) is 58.9 Å². The fourth-order valence-corrected chi connectivity index (χ4v) is 5.28. The smallest absolute Gasteiger partial charge is 0.303 e. The van der Waals surface area contributed by atoms with Gasteiger partial charge >= 0.3 is 5.97 Å². The molecule has 2 N–H and O–H groups in total. The van der Waals surface area contributed by atoms with E-state index < -0.39 is 5.97 Å². The molecule has 1 unspecified atom stereocenters. The Labute approximate surface area is 246 Å². The van der Waals surface area contributed by atoms with Crippen molar-refractivity contribution in [1.29, 1.82) is 0 Å². The molecule has 0 saturated heterocycles. The van der Waals surface area contributed by atoms with Crippen LogP contribution in [0.2, 0.25) is 0 Å². The zero-order chi connectivity index (χ0) is 29.9. The van der Waals surface area contributed by atoms with E-state index in [2.05, 4.69) is 52.1 Å². The van der Waals surface area contributed by atoms with Crippen molar-refractivity contribution < 1.29 is 24.2 Å². The first-order valence-corrected chi connectivity index (χ1v) is 15.3. The van der Waals surface area contributed by atoms with E-state index in [9.17, 15) is 9.59 Å². The fraction of sp³-hybridized carbons (Fsp3) is 0.543. The number of carbonyl (C=O) groups is 2. The lowest BCUT2D eigenvalue weighted by atomic mass is 9.88. The van der Waals surface area contributed by atoms with Gasteiger partial charge in [0.25, 0.3) is 5.91 Å². The van der Waals surface area contributed by atoms with E-state index in [-0.39, 0.29) is 25.0 Å². The first kappa shape index (κ1) is 32.2. The summed E-state index contributed by atoms with van der Waals surface area (Å²) in [5.41, 5.74) is 6.22. The quantitative estimate of drug-likeness (QED) is 0.209. The summed E-state index contributed by atoms with van der Waals surface area (Å²) in [6, 6.07) is 3.90. The van der Waals surface area contributed by atoms with Crippen molar-refractivity contribution in [3.8, 4) is 5.75 Å². The summed E-state index contributed by atoms with van der Waals surface area (Å²) in [6.07, 6.45) is 15.6. The highest BCUT2D eigenvalue weighted by atomic mass is 16.5. The Kier molecular flexibility index (Phi) is 12.3. The molecule has 2 aliphatic carbocycles. The van der Waals surface area contributed by atoms with Crippen LogP contribution in [-0.2, 0) is 14.3 Å². The molecule has 3 rings (SSSR count). The average molecular weight is 564 g/mol. The molecular formula is C35H49NO5. The Morgan fingerprint density at radius 2 is 1.76 bits per heavy atom. The molecule has 0 fully saturated rings. The Morgan fingerprint density at radius 1 is 0.976 bits per heavy atom. The second-order valence-electron chi connectivity index (χ2n) is 12.2. The summed E-state index contributed by atoms with van der Waals surface area (Å²) in [4.78, 5) is 24.1. The number of benzene rings is 1. The molecule has 0 saturated carbocycles. The molecule has 224 valence electrons. The van der Waals surface area contributed by atoms with Gasteiger partial charge in [-0.2, -0.15) is 0 Å². The van der Waals surface area contributed by atoms with Crippen LogP contribution in [0.1, 0.15) is 96.6 Å². The standard InChI is InChI=1S/C35H49NO5/c1-23(2)13-19-32(28-16-14-27(15-17-28)22-24(3)4)41-31-20-18-30(25(5)26(31)6)36-35(39)29-10-7-8-11-33(29)40-21-9-12-34(37)38/h8,11,14,16,18,20,23-24,32H,7,9-10,12-13,15,17,19,21-22H2,1-6H3,(H,36,39)(H,37,38). The summed E-state index contributed by atoms with van der Waals surface area (Å²) in [5.74, 6) is 1.61. The maximum atomic E-state index is 13.3. The van der Waals surface area contributed by atoms with Crippen molar-refractivity contribution in [3.05, 3.63) is 70.0 Å². The molecule has 0 aliphatic heterocycles. The van der Waals surface area contributed by atoms with Crippen LogP contribution in [0, 0.1) is 25.7 Å². The molecule has 0 bridgehead atoms. The monoisotopic (exact) mass is 563 g/mol. The number of ether oxygens (including phenoxy) is 2. The number of carboxylic acid groups (broad SMARTS) is 1. The van der Waals surface area contributed by atoms with Gasteiger partial charge in [0.1, 0.15) is 17.6 Å². The van der Waals surface area contributed by atoms with Crippen molar-refractivity contribution in [2.45, 2.75) is 105 Å². The van der Waals surface area contributed by atoms with Gasteiger partial charge in [0.15, 0.2) is 0 Å². The number of aliphatic carboxylic acids is 1. The van der Waals surface area contributed by atoms with Gasteiger partial charge in [-0.1, -0.05) is 51.5 Å². The first-order valence-electron chi connectivity index (χ1n) is 15.3. The third kappa shape index (κ3) is 9.94. The lowest BCUT2D eigenvalue weighted by Gasteiger charge is -2.27. The first-order chi connectivity index (χ1) is 19.5. The summed E-state index contributed by atoms with van der Waals surface area (Å²) >= 11 is 0. The number of carboxylic acids is 1. The Hall–Kier alpha value is -3.28. The van der Waals surface area contributed by atoms with Gasteiger partial charge in [0, 0.05) is 12.1 Å². The third-order valence-corrected chi connectivity index (χ3v) is 7.81. The molecule has 1 aromatic carbocycles. The van der Waals surface area contributed by atoms with Gasteiger partial charge in [-0.15, -0.1) is 0 Å². The Balaban J connectivity index is 1.74. The van der Waals surface area contributed by atoms with E-state index in [1.165, 1.54) is 11.1 Å². The normalized spacial score (nSPS) is 16.0. The predicted molar refractivity (Wildman–Crippen MR) is 166 cm³/mol. The van der Waals surface area contributed by atoms with E-state index in [1.807, 2.05) is 31.2 Å². The van der Waals surface area contributed by atoms with Gasteiger partial charge in [0.05, 0.1) is 12.2 Å². The van der Waals surface area contributed by atoms with Crippen LogP contribution >= 0.6 is 0 Å². The molecule has 41 heavy (non-hydrogen) atoms. The summed E-state index contributed by atoms with van der Waals surface area (Å²) < 4.78 is 12.5. The number of allylic oxidation sites excluding steroid dienone is 5. The van der Waals surface area contributed by atoms with E-state index in [1.54, 1.807) is 0 Å². The fourth-order valence-electron chi connectivity index (χ4n) is 5.28. The largest absolute Gasteiger partial charge is 0.493 e. The van der Waals surface area contributed by atoms with Crippen LogP contribution in [0.25, 0.3) is 0 Å². The zero-order valence-electron chi connectivity index (χ0n) is 25.8. The number of carbonyl (C=O) groups excluding carboxylic acids is 1. The van der Waals surface area contributed by atoms with E-state index >= 15 is 0 Å². The van der Waals surface area contributed by atoms with Gasteiger partial charge in [0.2, 0.25) is 0 Å². The van der Waals surface area contributed by atoms with Gasteiger partial charge in [-0.05, 0) is 112 Å². The molecule has 0 heterocycles. The molecular weight excluding hydrogens is 514 g/mol. The minimum Gasteiger partial charge on any atom is -0.493 e. The second-order valence-corrected chi connectivity index (χ2v) is 12.2. The molecule has 2 aliphatic rings. The molecule has 0 radical (unpaired) electrons. The van der Waals surface area contributed by atoms with Crippen LogP contribution in [-0.4, -0.2) is 29.7 Å². The van der Waals surface area contributed by atoms with Crippen molar-refractivity contribution in [2.75, 3.05) is 11.9 Å². The van der Waals surface area contributed by atoms with Gasteiger partial charge < -0.3 is 19.9 Å². The van der Waals surface area contributed by atoms with Crippen molar-refractivity contribution >= 4 is 17.6 Å². The van der Waals surface area contributed by atoms with E-state index in [0.29, 0.717) is 36.0 Å². The summed E-state index contributed by atoms with van der Waals surface area (Å²) in [6.45, 7) is 13.4. The average Bonchev–Trinajstić information content (AvgIpc) is 2.93.